The summed E-state index contributed by atoms with van der Waals surface area (Å²) in [7, 11) is 0. The third-order valence-electron chi connectivity index (χ3n) is 5.49. The molecule has 0 radical (unpaired) electrons. The lowest BCUT2D eigenvalue weighted by atomic mass is 9.82. The Balaban J connectivity index is 1.87. The fourth-order valence-electron chi connectivity index (χ4n) is 3.84. The van der Waals surface area contributed by atoms with E-state index in [-0.39, 0.29) is 23.9 Å². The van der Waals surface area contributed by atoms with E-state index in [4.69, 9.17) is 0 Å². The van der Waals surface area contributed by atoms with E-state index in [0.29, 0.717) is 5.92 Å². The van der Waals surface area contributed by atoms with Crippen LogP contribution in [0, 0.1) is 17.2 Å². The summed E-state index contributed by atoms with van der Waals surface area (Å²) in [5.41, 5.74) is -0.686. The van der Waals surface area contributed by atoms with Crippen molar-refractivity contribution in [2.75, 3.05) is 13.1 Å². The first-order chi connectivity index (χ1) is 11.4. The molecule has 1 heterocycles. The second-order valence-electron chi connectivity index (χ2n) is 7.47. The van der Waals surface area contributed by atoms with Crippen molar-refractivity contribution in [3.05, 3.63) is 0 Å². The van der Waals surface area contributed by atoms with E-state index in [9.17, 15) is 14.9 Å². The van der Waals surface area contributed by atoms with Gasteiger partial charge < -0.3 is 15.5 Å². The van der Waals surface area contributed by atoms with Crippen LogP contribution in [-0.4, -0.2) is 47.4 Å². The molecule has 2 rings (SSSR count). The van der Waals surface area contributed by atoms with Crippen molar-refractivity contribution in [2.45, 2.75) is 76.9 Å². The number of carbonyl (C=O) groups is 2. The number of carbonyl (C=O) groups excluding carboxylic acids is 2. The Bertz CT molecular complexity index is 508. The zero-order valence-corrected chi connectivity index (χ0v) is 15.1. The molecule has 6 heteroatoms. The van der Waals surface area contributed by atoms with Crippen molar-refractivity contribution in [3.63, 3.8) is 0 Å². The Labute approximate surface area is 145 Å². The molecule has 1 aliphatic carbocycles. The van der Waals surface area contributed by atoms with Gasteiger partial charge in [-0.25, -0.2) is 0 Å². The summed E-state index contributed by atoms with van der Waals surface area (Å²) < 4.78 is 0. The molecule has 134 valence electrons. The highest BCUT2D eigenvalue weighted by molar-refractivity contribution is 5.82. The first-order valence-electron chi connectivity index (χ1n) is 9.12. The summed E-state index contributed by atoms with van der Waals surface area (Å²) in [5, 5.41) is 15.9. The van der Waals surface area contributed by atoms with Gasteiger partial charge in [-0.2, -0.15) is 5.26 Å². The maximum atomic E-state index is 12.5. The molecule has 2 N–H and O–H groups in total. The van der Waals surface area contributed by atoms with E-state index in [0.717, 1.165) is 51.6 Å². The van der Waals surface area contributed by atoms with Crippen molar-refractivity contribution in [1.29, 1.82) is 5.26 Å². The van der Waals surface area contributed by atoms with Crippen LogP contribution in [0.15, 0.2) is 0 Å². The van der Waals surface area contributed by atoms with Gasteiger partial charge in [0.2, 0.25) is 11.8 Å². The first kappa shape index (κ1) is 18.7. The summed E-state index contributed by atoms with van der Waals surface area (Å²) in [6.07, 6.45) is 5.47. The number of likely N-dealkylation sites (tertiary alicyclic amines) is 1. The van der Waals surface area contributed by atoms with Crippen LogP contribution in [0.2, 0.25) is 0 Å². The fourth-order valence-corrected chi connectivity index (χ4v) is 3.84. The van der Waals surface area contributed by atoms with Gasteiger partial charge in [0.1, 0.15) is 5.54 Å². The summed E-state index contributed by atoms with van der Waals surface area (Å²) in [4.78, 5) is 25.9. The van der Waals surface area contributed by atoms with Crippen LogP contribution in [0.5, 0.6) is 0 Å². The third-order valence-corrected chi connectivity index (χ3v) is 5.49. The molecule has 0 aromatic heterocycles. The molecule has 3 atom stereocenters. The number of piperidine rings is 1. The Morgan fingerprint density at radius 3 is 2.50 bits per heavy atom. The Morgan fingerprint density at radius 2 is 1.96 bits per heavy atom. The Kier molecular flexibility index (Phi) is 6.22. The highest BCUT2D eigenvalue weighted by Crippen LogP contribution is 2.27. The van der Waals surface area contributed by atoms with Crippen LogP contribution in [-0.2, 0) is 9.59 Å². The molecule has 1 aliphatic heterocycles. The second kappa shape index (κ2) is 7.98. The molecule has 2 aliphatic rings. The molecule has 24 heavy (non-hydrogen) atoms. The molecular weight excluding hydrogens is 304 g/mol. The van der Waals surface area contributed by atoms with Crippen LogP contribution < -0.4 is 10.6 Å². The van der Waals surface area contributed by atoms with Gasteiger partial charge >= 0.3 is 0 Å². The van der Waals surface area contributed by atoms with E-state index in [1.54, 1.807) is 6.92 Å². The van der Waals surface area contributed by atoms with E-state index in [1.807, 2.05) is 11.8 Å². The predicted octanol–water partition coefficient (Wildman–Crippen LogP) is 1.56. The number of nitrogens with one attached hydrogen (secondary N) is 2. The molecule has 0 aromatic rings. The normalized spacial score (nSPS) is 27.8. The average Bonchev–Trinajstić information content (AvgIpc) is 2.57. The topological polar surface area (TPSA) is 85.2 Å². The van der Waals surface area contributed by atoms with E-state index < -0.39 is 5.54 Å². The monoisotopic (exact) mass is 334 g/mol. The van der Waals surface area contributed by atoms with Gasteiger partial charge in [0.05, 0.1) is 12.1 Å². The van der Waals surface area contributed by atoms with Crippen molar-refractivity contribution in [2.24, 2.45) is 5.92 Å². The SMILES string of the molecule is CC(=O)N1CC[C@H](N[C@@H](C)C(=O)NC2(C#N)CCCCC2)[C@H](C)C1. The predicted molar refractivity (Wildman–Crippen MR) is 92.0 cm³/mol. The standard InChI is InChI=1S/C18H30N4O2/c1-13-11-22(15(3)23)10-7-16(13)20-14(2)17(24)21-18(12-19)8-5-4-6-9-18/h13-14,16,20H,4-11H2,1-3H3,(H,21,24)/t13-,14+,16+/m1/s1. The van der Waals surface area contributed by atoms with Gasteiger partial charge in [-0.3, -0.25) is 9.59 Å². The lowest BCUT2D eigenvalue weighted by molar-refractivity contribution is -0.131. The molecular formula is C18H30N4O2. The van der Waals surface area contributed by atoms with Crippen LogP contribution in [0.4, 0.5) is 0 Å². The number of amides is 2. The van der Waals surface area contributed by atoms with Gasteiger partial charge in [-0.05, 0) is 32.1 Å². The van der Waals surface area contributed by atoms with Crippen molar-refractivity contribution >= 4 is 11.8 Å². The third kappa shape index (κ3) is 4.47. The zero-order valence-electron chi connectivity index (χ0n) is 15.1. The van der Waals surface area contributed by atoms with Crippen LogP contribution in [0.1, 0.15) is 59.3 Å². The fraction of sp³-hybridized carbons (Fsp3) is 0.833. The van der Waals surface area contributed by atoms with E-state index in [2.05, 4.69) is 23.6 Å². The quantitative estimate of drug-likeness (QED) is 0.817. The summed E-state index contributed by atoms with van der Waals surface area (Å²) in [5.74, 6) is 0.316. The van der Waals surface area contributed by atoms with E-state index >= 15 is 0 Å². The minimum atomic E-state index is -0.686. The minimum absolute atomic E-state index is 0.0975. The highest BCUT2D eigenvalue weighted by Gasteiger charge is 2.36. The lowest BCUT2D eigenvalue weighted by Gasteiger charge is -2.38. The largest absolute Gasteiger partial charge is 0.343 e. The maximum Gasteiger partial charge on any atom is 0.238 e. The van der Waals surface area contributed by atoms with Gasteiger partial charge in [-0.1, -0.05) is 26.2 Å². The molecule has 1 saturated carbocycles. The Morgan fingerprint density at radius 1 is 1.29 bits per heavy atom. The summed E-state index contributed by atoms with van der Waals surface area (Å²) >= 11 is 0. The van der Waals surface area contributed by atoms with Crippen LogP contribution in [0.25, 0.3) is 0 Å². The molecule has 2 fully saturated rings. The molecule has 0 spiro atoms. The average molecular weight is 334 g/mol. The molecule has 1 saturated heterocycles. The summed E-state index contributed by atoms with van der Waals surface area (Å²) in [6, 6.07) is 2.20. The number of hydrogen-bond donors (Lipinski definition) is 2. The lowest BCUT2D eigenvalue weighted by Crippen LogP contribution is -2.58. The first-order valence-corrected chi connectivity index (χ1v) is 9.12. The number of nitrogens with zero attached hydrogens (tertiary/aromatic N) is 2. The highest BCUT2D eigenvalue weighted by atomic mass is 16.2. The number of rotatable bonds is 4. The Hall–Kier alpha value is -1.61. The maximum absolute atomic E-state index is 12.5. The summed E-state index contributed by atoms with van der Waals surface area (Å²) in [6.45, 7) is 7.02. The molecule has 6 nitrogen and oxygen atoms in total. The molecule has 0 aromatic carbocycles. The van der Waals surface area contributed by atoms with Gasteiger partial charge in [0, 0.05) is 26.1 Å². The van der Waals surface area contributed by atoms with Crippen molar-refractivity contribution < 1.29 is 9.59 Å². The van der Waals surface area contributed by atoms with Gasteiger partial charge in [-0.15, -0.1) is 0 Å². The van der Waals surface area contributed by atoms with Crippen molar-refractivity contribution in [1.82, 2.24) is 15.5 Å². The van der Waals surface area contributed by atoms with E-state index in [1.165, 1.54) is 0 Å². The minimum Gasteiger partial charge on any atom is -0.343 e. The number of nitriles is 1. The molecule has 2 amide bonds. The molecule has 0 bridgehead atoms. The van der Waals surface area contributed by atoms with Crippen LogP contribution >= 0.6 is 0 Å². The second-order valence-corrected chi connectivity index (χ2v) is 7.47. The van der Waals surface area contributed by atoms with Gasteiger partial charge in [0.25, 0.3) is 0 Å². The molecule has 0 unspecified atom stereocenters. The smallest absolute Gasteiger partial charge is 0.238 e. The van der Waals surface area contributed by atoms with Crippen LogP contribution in [0.3, 0.4) is 0 Å². The zero-order chi connectivity index (χ0) is 17.7. The van der Waals surface area contributed by atoms with Gasteiger partial charge in [0.15, 0.2) is 0 Å². The van der Waals surface area contributed by atoms with Crippen molar-refractivity contribution in [3.8, 4) is 6.07 Å². The number of hydrogen-bond acceptors (Lipinski definition) is 4.